The fourth-order valence-electron chi connectivity index (χ4n) is 2.65. The van der Waals surface area contributed by atoms with Crippen LogP contribution in [-0.4, -0.2) is 26.0 Å². The lowest BCUT2D eigenvalue weighted by atomic mass is 10.1. The fourth-order valence-corrected chi connectivity index (χ4v) is 2.65. The van der Waals surface area contributed by atoms with Gasteiger partial charge in [-0.15, -0.1) is 0 Å². The summed E-state index contributed by atoms with van der Waals surface area (Å²) in [5, 5.41) is 0. The molecule has 5 heteroatoms. The van der Waals surface area contributed by atoms with Gasteiger partial charge in [0, 0.05) is 19.8 Å². The molecule has 2 aromatic carbocycles. The van der Waals surface area contributed by atoms with Gasteiger partial charge in [-0.25, -0.2) is 4.90 Å². The maximum Gasteiger partial charge on any atom is 0.266 e. The second kappa shape index (κ2) is 5.71. The van der Waals surface area contributed by atoms with Crippen LogP contribution in [0.2, 0.25) is 0 Å². The summed E-state index contributed by atoms with van der Waals surface area (Å²) in [5.41, 5.74) is 1.92. The Hall–Kier alpha value is -2.50. The summed E-state index contributed by atoms with van der Waals surface area (Å²) in [6.45, 7) is 0. The van der Waals surface area contributed by atoms with E-state index in [1.807, 2.05) is 6.07 Å². The zero-order valence-corrected chi connectivity index (χ0v) is 12.3. The van der Waals surface area contributed by atoms with Crippen LogP contribution in [0, 0.1) is 0 Å². The first-order valence-corrected chi connectivity index (χ1v) is 6.81. The average Bonchev–Trinajstić information content (AvgIpc) is 2.81. The van der Waals surface area contributed by atoms with E-state index in [9.17, 15) is 9.59 Å². The van der Waals surface area contributed by atoms with E-state index in [-0.39, 0.29) is 11.8 Å². The first kappa shape index (κ1) is 14.4. The van der Waals surface area contributed by atoms with Crippen molar-refractivity contribution in [2.45, 2.75) is 6.29 Å². The Morgan fingerprint density at radius 1 is 0.818 bits per heavy atom. The number of hydrogen-bond acceptors (Lipinski definition) is 4. The Labute approximate surface area is 128 Å². The van der Waals surface area contributed by atoms with Crippen molar-refractivity contribution >= 4 is 17.5 Å². The van der Waals surface area contributed by atoms with Crippen LogP contribution in [0.1, 0.15) is 32.6 Å². The highest BCUT2D eigenvalue weighted by Crippen LogP contribution is 2.34. The van der Waals surface area contributed by atoms with Gasteiger partial charge >= 0.3 is 0 Å². The van der Waals surface area contributed by atoms with Crippen LogP contribution in [0.4, 0.5) is 5.69 Å². The van der Waals surface area contributed by atoms with Gasteiger partial charge in [0.25, 0.3) is 11.8 Å². The number of nitrogens with zero attached hydrogens (tertiary/aromatic N) is 1. The predicted molar refractivity (Wildman–Crippen MR) is 80.8 cm³/mol. The van der Waals surface area contributed by atoms with Gasteiger partial charge in [-0.3, -0.25) is 9.59 Å². The molecule has 0 fully saturated rings. The van der Waals surface area contributed by atoms with Crippen LogP contribution in [-0.2, 0) is 9.47 Å². The third-order valence-corrected chi connectivity index (χ3v) is 3.65. The largest absolute Gasteiger partial charge is 0.352 e. The van der Waals surface area contributed by atoms with Crippen LogP contribution >= 0.6 is 0 Å². The lowest BCUT2D eigenvalue weighted by Gasteiger charge is -2.22. The predicted octanol–water partition coefficient (Wildman–Crippen LogP) is 2.78. The molecule has 2 amide bonds. The number of amides is 2. The summed E-state index contributed by atoms with van der Waals surface area (Å²) in [6, 6.07) is 13.9. The van der Waals surface area contributed by atoms with Crippen molar-refractivity contribution in [2.75, 3.05) is 19.1 Å². The summed E-state index contributed by atoms with van der Waals surface area (Å²) >= 11 is 0. The zero-order valence-electron chi connectivity index (χ0n) is 12.3. The minimum Gasteiger partial charge on any atom is -0.352 e. The molecule has 0 aliphatic carbocycles. The van der Waals surface area contributed by atoms with Gasteiger partial charge < -0.3 is 9.47 Å². The third kappa shape index (κ3) is 2.11. The first-order chi connectivity index (χ1) is 10.7. The van der Waals surface area contributed by atoms with Crippen LogP contribution in [0.5, 0.6) is 0 Å². The lowest BCUT2D eigenvalue weighted by Crippen LogP contribution is -2.31. The molecule has 1 aliphatic heterocycles. The number of benzene rings is 2. The van der Waals surface area contributed by atoms with Gasteiger partial charge in [-0.1, -0.05) is 30.3 Å². The Balaban J connectivity index is 2.11. The van der Waals surface area contributed by atoms with E-state index in [0.717, 1.165) is 0 Å². The van der Waals surface area contributed by atoms with Crippen LogP contribution in [0.25, 0.3) is 0 Å². The monoisotopic (exact) mass is 297 g/mol. The molecule has 0 N–H and O–H groups in total. The molecule has 1 aliphatic rings. The molecule has 0 unspecified atom stereocenters. The Morgan fingerprint density at radius 2 is 1.32 bits per heavy atom. The molecule has 5 nitrogen and oxygen atoms in total. The summed E-state index contributed by atoms with van der Waals surface area (Å²) in [4.78, 5) is 26.3. The number of carbonyl (C=O) groups is 2. The van der Waals surface area contributed by atoms with E-state index in [1.165, 1.54) is 19.1 Å². The number of para-hydroxylation sites is 1. The van der Waals surface area contributed by atoms with Crippen molar-refractivity contribution in [1.29, 1.82) is 0 Å². The highest BCUT2D eigenvalue weighted by atomic mass is 16.7. The second-order valence-electron chi connectivity index (χ2n) is 4.85. The SMILES string of the molecule is COC(OC)c1ccccc1N1C(=O)c2ccccc2C1=O. The van der Waals surface area contributed by atoms with E-state index >= 15 is 0 Å². The summed E-state index contributed by atoms with van der Waals surface area (Å²) in [6.07, 6.45) is -0.652. The number of carbonyl (C=O) groups excluding carboxylic acids is 2. The minimum absolute atomic E-state index is 0.334. The summed E-state index contributed by atoms with van der Waals surface area (Å²) in [7, 11) is 3.01. The molecular weight excluding hydrogens is 282 g/mol. The maximum atomic E-state index is 12.6. The normalized spacial score (nSPS) is 13.9. The zero-order chi connectivity index (χ0) is 15.7. The highest BCUT2D eigenvalue weighted by molar-refractivity contribution is 6.34. The molecule has 2 aromatic rings. The molecule has 1 heterocycles. The van der Waals surface area contributed by atoms with Gasteiger partial charge in [0.15, 0.2) is 6.29 Å². The maximum absolute atomic E-state index is 12.6. The third-order valence-electron chi connectivity index (χ3n) is 3.65. The van der Waals surface area contributed by atoms with E-state index < -0.39 is 6.29 Å². The van der Waals surface area contributed by atoms with Crippen molar-refractivity contribution in [3.05, 3.63) is 65.2 Å². The van der Waals surface area contributed by atoms with Crippen molar-refractivity contribution in [3.8, 4) is 0 Å². The number of methoxy groups -OCH3 is 2. The molecule has 112 valence electrons. The topological polar surface area (TPSA) is 55.8 Å². The van der Waals surface area contributed by atoms with Gasteiger partial charge in [0.1, 0.15) is 0 Å². The summed E-state index contributed by atoms with van der Waals surface area (Å²) < 4.78 is 10.5. The van der Waals surface area contributed by atoms with Crippen molar-refractivity contribution < 1.29 is 19.1 Å². The lowest BCUT2D eigenvalue weighted by molar-refractivity contribution is -0.105. The number of fused-ring (bicyclic) bond motifs is 1. The molecule has 0 bridgehead atoms. The van der Waals surface area contributed by atoms with Crippen LogP contribution in [0.3, 0.4) is 0 Å². The smallest absolute Gasteiger partial charge is 0.266 e. The van der Waals surface area contributed by atoms with E-state index in [4.69, 9.17) is 9.47 Å². The van der Waals surface area contributed by atoms with E-state index in [0.29, 0.717) is 22.4 Å². The number of imide groups is 1. The number of anilines is 1. The van der Waals surface area contributed by atoms with E-state index in [2.05, 4.69) is 0 Å². The molecule has 0 radical (unpaired) electrons. The minimum atomic E-state index is -0.652. The Kier molecular flexibility index (Phi) is 3.75. The van der Waals surface area contributed by atoms with Crippen LogP contribution in [0.15, 0.2) is 48.5 Å². The highest BCUT2D eigenvalue weighted by Gasteiger charge is 2.38. The fraction of sp³-hybridized carbons (Fsp3) is 0.176. The van der Waals surface area contributed by atoms with E-state index in [1.54, 1.807) is 42.5 Å². The van der Waals surface area contributed by atoms with Crippen molar-refractivity contribution in [2.24, 2.45) is 0 Å². The van der Waals surface area contributed by atoms with Crippen molar-refractivity contribution in [1.82, 2.24) is 0 Å². The Morgan fingerprint density at radius 3 is 1.86 bits per heavy atom. The van der Waals surface area contributed by atoms with Gasteiger partial charge in [-0.05, 0) is 18.2 Å². The number of hydrogen-bond donors (Lipinski definition) is 0. The van der Waals surface area contributed by atoms with Crippen molar-refractivity contribution in [3.63, 3.8) is 0 Å². The van der Waals surface area contributed by atoms with Gasteiger partial charge in [0.2, 0.25) is 0 Å². The Bertz CT molecular complexity index is 702. The first-order valence-electron chi connectivity index (χ1n) is 6.81. The molecule has 22 heavy (non-hydrogen) atoms. The average molecular weight is 297 g/mol. The second-order valence-corrected chi connectivity index (χ2v) is 4.85. The molecule has 0 saturated heterocycles. The molecule has 0 atom stereocenters. The molecule has 0 aromatic heterocycles. The molecular formula is C17H15NO4. The van der Waals surface area contributed by atoms with Gasteiger partial charge in [0.05, 0.1) is 16.8 Å². The summed E-state index contributed by atoms with van der Waals surface area (Å²) in [5.74, 6) is -0.669. The number of rotatable bonds is 4. The molecule has 3 rings (SSSR count). The molecule has 0 spiro atoms. The number of ether oxygens (including phenoxy) is 2. The molecule has 0 saturated carbocycles. The standard InChI is InChI=1S/C17H15NO4/c1-21-17(22-2)13-9-5-6-10-14(13)18-15(19)11-7-3-4-8-12(11)16(18)20/h3-10,17H,1-2H3. The quantitative estimate of drug-likeness (QED) is 0.643. The van der Waals surface area contributed by atoms with Crippen LogP contribution < -0.4 is 4.90 Å². The van der Waals surface area contributed by atoms with Gasteiger partial charge in [-0.2, -0.15) is 0 Å².